The second-order valence-corrected chi connectivity index (χ2v) is 9.09. The van der Waals surface area contributed by atoms with Crippen LogP contribution < -0.4 is 0 Å². The van der Waals surface area contributed by atoms with Crippen LogP contribution in [0.25, 0.3) is 0 Å². The lowest BCUT2D eigenvalue weighted by atomic mass is 10.2. The average Bonchev–Trinajstić information content (AvgIpc) is 2.72. The topological polar surface area (TPSA) is 78.0 Å². The Morgan fingerprint density at radius 3 is 2.17 bits per heavy atom. The summed E-state index contributed by atoms with van der Waals surface area (Å²) in [6.07, 6.45) is 0. The van der Waals surface area contributed by atoms with Crippen molar-refractivity contribution >= 4 is 22.0 Å². The number of amides is 3. The van der Waals surface area contributed by atoms with E-state index in [-0.39, 0.29) is 30.4 Å². The molecular weight excluding hydrogens is 409 g/mol. The monoisotopic (exact) mass is 433 g/mol. The van der Waals surface area contributed by atoms with E-state index >= 15 is 0 Å². The van der Waals surface area contributed by atoms with Crippen LogP contribution in [0.15, 0.2) is 53.4 Å². The molecule has 0 unspecified atom stereocenters. The van der Waals surface area contributed by atoms with E-state index in [2.05, 4.69) is 0 Å². The Balaban J connectivity index is 1.92. The molecule has 1 fully saturated rings. The lowest BCUT2D eigenvalue weighted by Crippen LogP contribution is -2.54. The summed E-state index contributed by atoms with van der Waals surface area (Å²) in [5.41, 5.74) is 1.25. The van der Waals surface area contributed by atoms with Crippen LogP contribution in [0.1, 0.15) is 18.1 Å². The van der Waals surface area contributed by atoms with Crippen molar-refractivity contribution in [1.82, 2.24) is 14.1 Å². The zero-order valence-corrected chi connectivity index (χ0v) is 17.7. The van der Waals surface area contributed by atoms with Crippen molar-refractivity contribution in [2.45, 2.75) is 25.3 Å². The molecule has 0 atom stereocenters. The number of aryl methyl sites for hydroxylation is 1. The molecule has 0 bridgehead atoms. The molecule has 7 nitrogen and oxygen atoms in total. The number of nitrogens with zero attached hydrogens (tertiary/aromatic N) is 3. The second-order valence-electron chi connectivity index (χ2n) is 7.23. The Morgan fingerprint density at radius 1 is 1.00 bits per heavy atom. The quantitative estimate of drug-likeness (QED) is 0.743. The largest absolute Gasteiger partial charge is 0.339 e. The molecule has 1 heterocycles. The van der Waals surface area contributed by atoms with Crippen LogP contribution in [0.2, 0.25) is 0 Å². The van der Waals surface area contributed by atoms with E-state index < -0.39 is 21.9 Å². The summed E-state index contributed by atoms with van der Waals surface area (Å²) in [6.45, 7) is 4.11. The van der Waals surface area contributed by atoms with Crippen molar-refractivity contribution in [2.75, 3.05) is 26.2 Å². The van der Waals surface area contributed by atoms with Crippen molar-refractivity contribution in [3.63, 3.8) is 0 Å². The Labute approximate surface area is 175 Å². The van der Waals surface area contributed by atoms with Crippen LogP contribution in [0.4, 0.5) is 9.18 Å². The lowest BCUT2D eigenvalue weighted by molar-refractivity contribution is -0.130. The van der Waals surface area contributed by atoms with Crippen LogP contribution in [0.5, 0.6) is 0 Å². The number of carbonyl (C=O) groups excluding carboxylic acids is 2. The van der Waals surface area contributed by atoms with Gasteiger partial charge in [0.05, 0.1) is 11.4 Å². The van der Waals surface area contributed by atoms with Crippen molar-refractivity contribution in [1.29, 1.82) is 0 Å². The maximum atomic E-state index is 13.7. The molecule has 30 heavy (non-hydrogen) atoms. The molecule has 0 aliphatic carbocycles. The summed E-state index contributed by atoms with van der Waals surface area (Å²) in [7, 11) is -4.17. The molecule has 0 N–H and O–H groups in total. The van der Waals surface area contributed by atoms with Gasteiger partial charge >= 0.3 is 6.03 Å². The van der Waals surface area contributed by atoms with Crippen molar-refractivity contribution in [3.05, 3.63) is 65.5 Å². The molecule has 3 rings (SSSR count). The summed E-state index contributed by atoms with van der Waals surface area (Å²) < 4.78 is 41.0. The third-order valence-electron chi connectivity index (χ3n) is 5.03. The molecule has 0 radical (unpaired) electrons. The van der Waals surface area contributed by atoms with Gasteiger partial charge in [-0.15, -0.1) is 0 Å². The smallest absolute Gasteiger partial charge is 0.334 e. The minimum absolute atomic E-state index is 0.0137. The summed E-state index contributed by atoms with van der Waals surface area (Å²) in [5, 5.41) is 0. The molecule has 1 aliphatic rings. The predicted octanol–water partition coefficient (Wildman–Crippen LogP) is 2.61. The molecule has 0 aromatic heterocycles. The van der Waals surface area contributed by atoms with E-state index in [9.17, 15) is 22.4 Å². The van der Waals surface area contributed by atoms with Crippen molar-refractivity contribution in [2.24, 2.45) is 0 Å². The Morgan fingerprint density at radius 2 is 1.60 bits per heavy atom. The zero-order valence-electron chi connectivity index (χ0n) is 16.9. The molecule has 160 valence electrons. The first-order valence-electron chi connectivity index (χ1n) is 9.57. The molecule has 2 aromatic carbocycles. The first kappa shape index (κ1) is 21.8. The van der Waals surface area contributed by atoms with E-state index in [1.54, 1.807) is 23.1 Å². The Hall–Kier alpha value is -2.94. The van der Waals surface area contributed by atoms with Gasteiger partial charge in [-0.2, -0.15) is 0 Å². The van der Waals surface area contributed by atoms with Gasteiger partial charge in [-0.05, 0) is 36.8 Å². The first-order chi connectivity index (χ1) is 14.2. The van der Waals surface area contributed by atoms with Crippen LogP contribution in [-0.2, 0) is 21.4 Å². The highest BCUT2D eigenvalue weighted by Gasteiger charge is 2.34. The first-order valence-corrected chi connectivity index (χ1v) is 11.0. The number of sulfonamides is 1. The van der Waals surface area contributed by atoms with Crippen LogP contribution in [0.3, 0.4) is 0 Å². The normalized spacial score (nSPS) is 14.5. The van der Waals surface area contributed by atoms with E-state index in [1.165, 1.54) is 42.2 Å². The molecule has 0 saturated carbocycles. The number of halogens is 1. The summed E-state index contributed by atoms with van der Waals surface area (Å²) in [4.78, 5) is 27.8. The summed E-state index contributed by atoms with van der Waals surface area (Å²) >= 11 is 0. The predicted molar refractivity (Wildman–Crippen MR) is 110 cm³/mol. The van der Waals surface area contributed by atoms with E-state index in [4.69, 9.17) is 0 Å². The number of rotatable bonds is 4. The second kappa shape index (κ2) is 8.83. The van der Waals surface area contributed by atoms with Gasteiger partial charge in [-0.3, -0.25) is 4.79 Å². The van der Waals surface area contributed by atoms with Gasteiger partial charge in [0.2, 0.25) is 5.91 Å². The van der Waals surface area contributed by atoms with E-state index in [0.717, 1.165) is 9.87 Å². The van der Waals surface area contributed by atoms with Gasteiger partial charge in [0.1, 0.15) is 5.82 Å². The van der Waals surface area contributed by atoms with Crippen LogP contribution in [0, 0.1) is 12.7 Å². The molecule has 1 saturated heterocycles. The number of hydrogen-bond acceptors (Lipinski definition) is 4. The average molecular weight is 434 g/mol. The number of benzene rings is 2. The lowest BCUT2D eigenvalue weighted by Gasteiger charge is -2.36. The van der Waals surface area contributed by atoms with Gasteiger partial charge in [-0.1, -0.05) is 29.8 Å². The van der Waals surface area contributed by atoms with Crippen molar-refractivity contribution < 1.29 is 22.4 Å². The highest BCUT2D eigenvalue weighted by Crippen LogP contribution is 2.22. The molecule has 2 aromatic rings. The minimum atomic E-state index is -4.17. The van der Waals surface area contributed by atoms with E-state index in [1.807, 2.05) is 6.92 Å². The highest BCUT2D eigenvalue weighted by atomic mass is 32.2. The molecular formula is C21H24FN3O4S. The van der Waals surface area contributed by atoms with Crippen molar-refractivity contribution in [3.8, 4) is 0 Å². The number of piperazine rings is 1. The molecule has 1 aliphatic heterocycles. The fourth-order valence-corrected chi connectivity index (χ4v) is 4.64. The SMILES string of the molecule is CC(=O)N1CCN(C(=O)N(Cc2cccc(F)c2)S(=O)(=O)c2ccc(C)cc2)CC1. The maximum absolute atomic E-state index is 13.7. The molecule has 3 amide bonds. The minimum Gasteiger partial charge on any atom is -0.339 e. The number of hydrogen-bond donors (Lipinski definition) is 0. The highest BCUT2D eigenvalue weighted by molar-refractivity contribution is 7.89. The number of carbonyl (C=O) groups is 2. The third kappa shape index (κ3) is 4.79. The third-order valence-corrected chi connectivity index (χ3v) is 6.77. The van der Waals surface area contributed by atoms with E-state index in [0.29, 0.717) is 18.7 Å². The van der Waals surface area contributed by atoms with Gasteiger partial charge in [0.25, 0.3) is 10.0 Å². The fraction of sp³-hybridized carbons (Fsp3) is 0.333. The zero-order chi connectivity index (χ0) is 21.9. The standard InChI is InChI=1S/C21H24FN3O4S/c1-16-6-8-20(9-7-16)30(28,29)25(15-18-4-3-5-19(22)14-18)21(27)24-12-10-23(11-13-24)17(2)26/h3-9,14H,10-13,15H2,1-2H3. The Bertz CT molecular complexity index is 1030. The fourth-order valence-electron chi connectivity index (χ4n) is 3.26. The summed E-state index contributed by atoms with van der Waals surface area (Å²) in [5.74, 6) is -0.603. The van der Waals surface area contributed by atoms with Gasteiger partial charge < -0.3 is 9.80 Å². The number of urea groups is 1. The summed E-state index contributed by atoms with van der Waals surface area (Å²) in [6, 6.07) is 11.0. The molecule has 0 spiro atoms. The van der Waals surface area contributed by atoms with Gasteiger partial charge in [-0.25, -0.2) is 21.9 Å². The van der Waals surface area contributed by atoms with Gasteiger partial charge in [0.15, 0.2) is 0 Å². The maximum Gasteiger partial charge on any atom is 0.334 e. The van der Waals surface area contributed by atoms with Crippen LogP contribution >= 0.6 is 0 Å². The van der Waals surface area contributed by atoms with Crippen LogP contribution in [-0.4, -0.2) is 60.6 Å². The van der Waals surface area contributed by atoms with Gasteiger partial charge in [0, 0.05) is 33.1 Å². The molecule has 9 heteroatoms. The Kier molecular flexibility index (Phi) is 6.40.